The lowest BCUT2D eigenvalue weighted by molar-refractivity contribution is -0.360. The van der Waals surface area contributed by atoms with Crippen LogP contribution in [-0.4, -0.2) is 204 Å². The van der Waals surface area contributed by atoms with Crippen molar-refractivity contribution in [3.05, 3.63) is 12.2 Å². The summed E-state index contributed by atoms with van der Waals surface area (Å²) in [4.78, 5) is 50.9. The summed E-state index contributed by atoms with van der Waals surface area (Å²) in [6.07, 6.45) is 11.5. The number of rotatable bonds is 58. The number of phosphoric ester groups is 1. The van der Waals surface area contributed by atoms with Crippen LogP contribution in [0.15, 0.2) is 12.2 Å². The van der Waals surface area contributed by atoms with E-state index in [2.05, 4.69) is 32.9 Å². The largest absolute Gasteiger partial charge is 0.472 e. The molecule has 0 aromatic rings. The normalized spacial score (nSPS) is 28.0. The fraction of sp³-hybridized carbons (Fsp3) is 0.930. The van der Waals surface area contributed by atoms with Gasteiger partial charge >= 0.3 is 25.7 Å². The lowest BCUT2D eigenvalue weighted by Crippen LogP contribution is -2.69. The van der Waals surface area contributed by atoms with Gasteiger partial charge in [0.1, 0.15) is 98.7 Å². The predicted molar refractivity (Wildman–Crippen MR) is 361 cm³/mol. The highest BCUT2D eigenvalue weighted by Gasteiger charge is 2.58. The van der Waals surface area contributed by atoms with Gasteiger partial charge in [0.2, 0.25) is 0 Å². The smallest absolute Gasteiger partial charge is 0.463 e. The summed E-state index contributed by atoms with van der Waals surface area (Å²) in [6.45, 7) is 3.42. The SMILES string of the molecule is CCCCCCCC/C=C\CCCCCC(=O)OCC(COP(=O)(O)OC1C(OC2OC(CO)C(O)C(O)C2O)C(O)C(O)C(O)C1OC1OC(COC(=O)CCCCCCCCCCCCCCCCCC)C(O)C(O)C1O)OC(=O)CCCCCCCCCCCCCC. The van der Waals surface area contributed by atoms with Crippen molar-refractivity contribution in [3.8, 4) is 0 Å². The third-order valence-electron chi connectivity index (χ3n) is 18.5. The molecule has 0 aromatic carbocycles. The van der Waals surface area contributed by atoms with Gasteiger partial charge in [0.15, 0.2) is 18.7 Å². The number of aliphatic hydroxyl groups excluding tert-OH is 10. The number of hydrogen-bond donors (Lipinski definition) is 11. The molecular formula is C71H131O24P. The summed E-state index contributed by atoms with van der Waals surface area (Å²) in [5, 5.41) is 110. The van der Waals surface area contributed by atoms with Crippen LogP contribution in [0.1, 0.15) is 290 Å². The van der Waals surface area contributed by atoms with Gasteiger partial charge in [-0.3, -0.25) is 23.4 Å². The Kier molecular flexibility index (Phi) is 49.0. The zero-order valence-electron chi connectivity index (χ0n) is 58.7. The summed E-state index contributed by atoms with van der Waals surface area (Å²) < 4.78 is 64.9. The quantitative estimate of drug-likeness (QED) is 0.00886. The Morgan fingerprint density at radius 3 is 1.14 bits per heavy atom. The Bertz CT molecular complexity index is 2040. The minimum atomic E-state index is -5.69. The molecule has 3 aliphatic rings. The van der Waals surface area contributed by atoms with Crippen LogP contribution in [0.5, 0.6) is 0 Å². The van der Waals surface area contributed by atoms with Gasteiger partial charge in [0.25, 0.3) is 0 Å². The van der Waals surface area contributed by atoms with Gasteiger partial charge in [-0.15, -0.1) is 0 Å². The second-order valence-corrected chi connectivity index (χ2v) is 28.4. The third-order valence-corrected chi connectivity index (χ3v) is 19.5. The van der Waals surface area contributed by atoms with Crippen LogP contribution in [0, 0.1) is 0 Å². The van der Waals surface area contributed by atoms with Gasteiger partial charge in [0, 0.05) is 19.3 Å². The first-order valence-corrected chi connectivity index (χ1v) is 39.0. The molecule has 18 atom stereocenters. The molecule has 11 N–H and O–H groups in total. The zero-order valence-corrected chi connectivity index (χ0v) is 59.6. The molecule has 1 saturated carbocycles. The number of carbonyl (C=O) groups excluding carboxylic acids is 3. The van der Waals surface area contributed by atoms with Crippen molar-refractivity contribution in [1.29, 1.82) is 0 Å². The fourth-order valence-corrected chi connectivity index (χ4v) is 13.4. The van der Waals surface area contributed by atoms with Crippen molar-refractivity contribution < 1.29 is 117 Å². The molecule has 3 rings (SSSR count). The van der Waals surface area contributed by atoms with Crippen molar-refractivity contribution in [3.63, 3.8) is 0 Å². The van der Waals surface area contributed by atoms with Crippen molar-refractivity contribution >= 4 is 25.7 Å². The molecule has 0 radical (unpaired) electrons. The maximum atomic E-state index is 14.3. The molecule has 0 amide bonds. The van der Waals surface area contributed by atoms with Gasteiger partial charge in [-0.2, -0.15) is 0 Å². The first-order chi connectivity index (χ1) is 46.3. The van der Waals surface area contributed by atoms with E-state index in [-0.39, 0.29) is 19.3 Å². The fourth-order valence-electron chi connectivity index (χ4n) is 12.4. The van der Waals surface area contributed by atoms with E-state index in [1.165, 1.54) is 135 Å². The molecule has 0 bridgehead atoms. The molecule has 3 fully saturated rings. The highest BCUT2D eigenvalue weighted by atomic mass is 31.2. The first-order valence-electron chi connectivity index (χ1n) is 37.5. The van der Waals surface area contributed by atoms with E-state index in [0.717, 1.165) is 96.3 Å². The number of allylic oxidation sites excluding steroid dienone is 2. The summed E-state index contributed by atoms with van der Waals surface area (Å²) >= 11 is 0. The summed E-state index contributed by atoms with van der Waals surface area (Å²) in [5.41, 5.74) is 0. The molecule has 564 valence electrons. The molecular weight excluding hydrogens is 1270 g/mol. The van der Waals surface area contributed by atoms with Crippen LogP contribution < -0.4 is 0 Å². The van der Waals surface area contributed by atoms with Crippen molar-refractivity contribution in [2.75, 3.05) is 26.4 Å². The van der Waals surface area contributed by atoms with Crippen molar-refractivity contribution in [2.45, 2.75) is 395 Å². The lowest BCUT2D eigenvalue weighted by Gasteiger charge is -2.49. The average Bonchev–Trinajstić information content (AvgIpc) is 0.763. The van der Waals surface area contributed by atoms with Gasteiger partial charge < -0.3 is 89.1 Å². The van der Waals surface area contributed by atoms with E-state index in [1.807, 2.05) is 0 Å². The highest BCUT2D eigenvalue weighted by molar-refractivity contribution is 7.47. The molecule has 2 heterocycles. The number of phosphoric acid groups is 1. The van der Waals surface area contributed by atoms with E-state index in [1.54, 1.807) is 0 Å². The van der Waals surface area contributed by atoms with E-state index in [4.69, 9.17) is 42.2 Å². The molecule has 0 aromatic heterocycles. The maximum Gasteiger partial charge on any atom is 0.472 e. The summed E-state index contributed by atoms with van der Waals surface area (Å²) in [7, 11) is -5.69. The molecule has 2 aliphatic heterocycles. The van der Waals surface area contributed by atoms with Crippen molar-refractivity contribution in [2.24, 2.45) is 0 Å². The van der Waals surface area contributed by atoms with E-state index >= 15 is 0 Å². The van der Waals surface area contributed by atoms with Gasteiger partial charge in [0.05, 0.1) is 13.2 Å². The van der Waals surface area contributed by atoms with E-state index < -0.39 is 156 Å². The predicted octanol–water partition coefficient (Wildman–Crippen LogP) is 9.96. The Labute approximate surface area is 573 Å². The summed E-state index contributed by atoms with van der Waals surface area (Å²) in [6, 6.07) is 0. The molecule has 1 aliphatic carbocycles. The molecule has 0 spiro atoms. The van der Waals surface area contributed by atoms with Gasteiger partial charge in [-0.05, 0) is 44.9 Å². The number of aliphatic hydroxyl groups is 10. The van der Waals surface area contributed by atoms with Crippen LogP contribution >= 0.6 is 7.82 Å². The monoisotopic (exact) mass is 1400 g/mol. The molecule has 2 saturated heterocycles. The zero-order chi connectivity index (χ0) is 70.4. The number of esters is 3. The Morgan fingerprint density at radius 1 is 0.396 bits per heavy atom. The Hall–Kier alpha value is -2.30. The summed E-state index contributed by atoms with van der Waals surface area (Å²) in [5.74, 6) is -2.00. The van der Waals surface area contributed by atoms with Crippen LogP contribution in [-0.2, 0) is 61.2 Å². The number of hydrogen-bond acceptors (Lipinski definition) is 23. The standard InChI is InChI=1S/C71H131O24P/c1-4-7-10-13-16-19-22-25-26-27-29-32-34-37-40-43-46-56(74)88-51-54-59(77)61(79)66(84)71(92-54)94-68-64(82)62(80)63(81)67(93-70-65(83)60(78)58(76)53(48-72)91-70)69(68)95-96(85,86)89-50-52(90-57(75)47-44-41-38-35-30-24-21-18-15-12-9-6-3)49-87-55(73)45-42-39-36-33-31-28-23-20-17-14-11-8-5-2/h28,31,52-54,58-72,76-84H,4-27,29-30,32-51H2,1-3H3,(H,85,86)/b31-28-. The Morgan fingerprint density at radius 2 is 0.729 bits per heavy atom. The van der Waals surface area contributed by atoms with E-state index in [0.29, 0.717) is 19.3 Å². The maximum absolute atomic E-state index is 14.3. The minimum absolute atomic E-state index is 0.0275. The van der Waals surface area contributed by atoms with Gasteiger partial charge in [-0.1, -0.05) is 238 Å². The minimum Gasteiger partial charge on any atom is -0.463 e. The molecule has 24 nitrogen and oxygen atoms in total. The Balaban J connectivity index is 1.73. The highest BCUT2D eigenvalue weighted by Crippen LogP contribution is 2.49. The topological polar surface area (TPSA) is 374 Å². The molecule has 18 unspecified atom stereocenters. The first kappa shape index (κ1) is 87.9. The average molecular weight is 1400 g/mol. The van der Waals surface area contributed by atoms with Crippen LogP contribution in [0.4, 0.5) is 0 Å². The number of carbonyl (C=O) groups is 3. The molecule has 25 heteroatoms. The second-order valence-electron chi connectivity index (χ2n) is 27.0. The number of ether oxygens (including phenoxy) is 7. The van der Waals surface area contributed by atoms with Crippen LogP contribution in [0.3, 0.4) is 0 Å². The second kappa shape index (κ2) is 53.5. The third kappa shape index (κ3) is 36.5. The van der Waals surface area contributed by atoms with Crippen molar-refractivity contribution in [1.82, 2.24) is 0 Å². The van der Waals surface area contributed by atoms with Crippen LogP contribution in [0.25, 0.3) is 0 Å². The van der Waals surface area contributed by atoms with Gasteiger partial charge in [-0.25, -0.2) is 4.57 Å². The molecule has 96 heavy (non-hydrogen) atoms. The number of unbranched alkanes of at least 4 members (excludes halogenated alkanes) is 35. The lowest BCUT2D eigenvalue weighted by atomic mass is 9.84. The van der Waals surface area contributed by atoms with Crippen LogP contribution in [0.2, 0.25) is 0 Å². The van der Waals surface area contributed by atoms with E-state index in [9.17, 15) is 74.9 Å².